The Balaban J connectivity index is 4.69. The van der Waals surface area contributed by atoms with Crippen molar-refractivity contribution >= 4 is 17.9 Å². The fourth-order valence-electron chi connectivity index (χ4n) is 1.69. The SMILES string of the molecule is CC(C)CN(CCC#N)C(=O)N[C@H](CCC(N)=O)C(=O)O. The quantitative estimate of drug-likeness (QED) is 0.561. The number of nitrogens with two attached hydrogens (primary N) is 1. The van der Waals surface area contributed by atoms with Crippen LogP contribution in [-0.2, 0) is 9.59 Å². The minimum absolute atomic E-state index is 0.0653. The van der Waals surface area contributed by atoms with Gasteiger partial charge in [0.15, 0.2) is 0 Å². The third-order valence-corrected chi connectivity index (χ3v) is 2.64. The van der Waals surface area contributed by atoms with Gasteiger partial charge in [-0.1, -0.05) is 13.8 Å². The van der Waals surface area contributed by atoms with Gasteiger partial charge in [-0.25, -0.2) is 9.59 Å². The summed E-state index contributed by atoms with van der Waals surface area (Å²) in [6.45, 7) is 4.46. The molecule has 8 nitrogen and oxygen atoms in total. The molecule has 0 radical (unpaired) electrons. The highest BCUT2D eigenvalue weighted by Crippen LogP contribution is 2.03. The predicted octanol–water partition coefficient (Wildman–Crippen LogP) is 0.286. The molecule has 0 aliphatic carbocycles. The average molecular weight is 298 g/mol. The molecule has 0 heterocycles. The monoisotopic (exact) mass is 298 g/mol. The summed E-state index contributed by atoms with van der Waals surface area (Å²) in [6, 6.07) is 0.205. The van der Waals surface area contributed by atoms with Gasteiger partial charge < -0.3 is 21.1 Å². The maximum absolute atomic E-state index is 12.1. The van der Waals surface area contributed by atoms with Gasteiger partial charge in [0.05, 0.1) is 12.5 Å². The van der Waals surface area contributed by atoms with E-state index < -0.39 is 23.9 Å². The number of rotatable bonds is 9. The number of carbonyl (C=O) groups excluding carboxylic acids is 2. The summed E-state index contributed by atoms with van der Waals surface area (Å²) in [7, 11) is 0. The number of hydrogen-bond donors (Lipinski definition) is 3. The molecule has 8 heteroatoms. The van der Waals surface area contributed by atoms with Crippen LogP contribution in [0.25, 0.3) is 0 Å². The molecule has 0 saturated heterocycles. The largest absolute Gasteiger partial charge is 0.480 e. The van der Waals surface area contributed by atoms with Crippen LogP contribution < -0.4 is 11.1 Å². The molecule has 0 aromatic rings. The van der Waals surface area contributed by atoms with Crippen molar-refractivity contribution < 1.29 is 19.5 Å². The zero-order valence-corrected chi connectivity index (χ0v) is 12.3. The van der Waals surface area contributed by atoms with Gasteiger partial charge in [-0.2, -0.15) is 5.26 Å². The van der Waals surface area contributed by atoms with Gasteiger partial charge in [-0.3, -0.25) is 4.79 Å². The molecule has 4 N–H and O–H groups in total. The maximum atomic E-state index is 12.1. The molecule has 0 aliphatic rings. The van der Waals surface area contributed by atoms with Crippen LogP contribution in [0.5, 0.6) is 0 Å². The number of nitrogens with zero attached hydrogens (tertiary/aromatic N) is 2. The molecule has 0 aliphatic heterocycles. The van der Waals surface area contributed by atoms with Crippen LogP contribution in [0, 0.1) is 17.2 Å². The number of carboxylic acids is 1. The molecular formula is C13H22N4O4. The first-order valence-corrected chi connectivity index (χ1v) is 6.71. The van der Waals surface area contributed by atoms with Crippen molar-refractivity contribution in [1.82, 2.24) is 10.2 Å². The highest BCUT2D eigenvalue weighted by molar-refractivity contribution is 5.83. The molecule has 0 aromatic heterocycles. The maximum Gasteiger partial charge on any atom is 0.326 e. The molecule has 1 atom stereocenters. The molecule has 0 bridgehead atoms. The zero-order chi connectivity index (χ0) is 16.4. The first kappa shape index (κ1) is 18.7. The summed E-state index contributed by atoms with van der Waals surface area (Å²) in [5.41, 5.74) is 4.97. The van der Waals surface area contributed by atoms with Crippen molar-refractivity contribution in [2.45, 2.75) is 39.2 Å². The van der Waals surface area contributed by atoms with Crippen LogP contribution in [0.3, 0.4) is 0 Å². The van der Waals surface area contributed by atoms with E-state index in [4.69, 9.17) is 16.1 Å². The minimum atomic E-state index is -1.23. The lowest BCUT2D eigenvalue weighted by Crippen LogP contribution is -2.49. The van der Waals surface area contributed by atoms with Gasteiger partial charge in [-0.15, -0.1) is 0 Å². The fraction of sp³-hybridized carbons (Fsp3) is 0.692. The van der Waals surface area contributed by atoms with E-state index in [0.717, 1.165) is 0 Å². The van der Waals surface area contributed by atoms with Crippen molar-refractivity contribution in [3.8, 4) is 6.07 Å². The summed E-state index contributed by atoms with van der Waals surface area (Å²) in [6.07, 6.45) is -0.0248. The number of aliphatic carboxylic acids is 1. The smallest absolute Gasteiger partial charge is 0.326 e. The van der Waals surface area contributed by atoms with Gasteiger partial charge in [0.2, 0.25) is 5.91 Å². The summed E-state index contributed by atoms with van der Waals surface area (Å²) in [5, 5.41) is 20.0. The Morgan fingerprint density at radius 3 is 2.43 bits per heavy atom. The number of carbonyl (C=O) groups is 3. The number of hydrogen-bond acceptors (Lipinski definition) is 4. The molecule has 118 valence electrons. The molecule has 0 rings (SSSR count). The Morgan fingerprint density at radius 2 is 2.00 bits per heavy atom. The van der Waals surface area contributed by atoms with Gasteiger partial charge in [0.25, 0.3) is 0 Å². The number of carboxylic acid groups (broad SMARTS) is 1. The molecule has 0 spiro atoms. The molecule has 0 fully saturated rings. The van der Waals surface area contributed by atoms with Crippen molar-refractivity contribution in [2.75, 3.05) is 13.1 Å². The lowest BCUT2D eigenvalue weighted by Gasteiger charge is -2.25. The van der Waals surface area contributed by atoms with Crippen LogP contribution in [0.4, 0.5) is 4.79 Å². The van der Waals surface area contributed by atoms with Crippen LogP contribution >= 0.6 is 0 Å². The van der Waals surface area contributed by atoms with E-state index in [2.05, 4.69) is 5.32 Å². The van der Waals surface area contributed by atoms with E-state index in [1.54, 1.807) is 0 Å². The predicted molar refractivity (Wildman–Crippen MR) is 75.0 cm³/mol. The molecule has 0 unspecified atom stereocenters. The Morgan fingerprint density at radius 1 is 1.38 bits per heavy atom. The highest BCUT2D eigenvalue weighted by Gasteiger charge is 2.23. The van der Waals surface area contributed by atoms with Crippen molar-refractivity contribution in [3.63, 3.8) is 0 Å². The van der Waals surface area contributed by atoms with E-state index in [0.29, 0.717) is 6.54 Å². The first-order chi connectivity index (χ1) is 9.77. The zero-order valence-electron chi connectivity index (χ0n) is 12.3. The van der Waals surface area contributed by atoms with Crippen LogP contribution in [0.15, 0.2) is 0 Å². The van der Waals surface area contributed by atoms with E-state index in [1.807, 2.05) is 19.9 Å². The molecule has 21 heavy (non-hydrogen) atoms. The highest BCUT2D eigenvalue weighted by atomic mass is 16.4. The lowest BCUT2D eigenvalue weighted by atomic mass is 10.1. The Labute approximate surface area is 123 Å². The van der Waals surface area contributed by atoms with Gasteiger partial charge >= 0.3 is 12.0 Å². The number of urea groups is 1. The molecule has 0 aromatic carbocycles. The molecular weight excluding hydrogens is 276 g/mol. The Kier molecular flexibility index (Phi) is 8.53. The number of primary amides is 1. The van der Waals surface area contributed by atoms with Gasteiger partial charge in [-0.05, 0) is 12.3 Å². The Bertz CT molecular complexity index is 417. The van der Waals surface area contributed by atoms with Crippen LogP contribution in [0.2, 0.25) is 0 Å². The van der Waals surface area contributed by atoms with Crippen LogP contribution in [-0.4, -0.2) is 47.0 Å². The number of nitriles is 1. The normalized spacial score (nSPS) is 11.5. The lowest BCUT2D eigenvalue weighted by molar-refractivity contribution is -0.139. The summed E-state index contributed by atoms with van der Waals surface area (Å²) in [4.78, 5) is 35.2. The van der Waals surface area contributed by atoms with Crippen molar-refractivity contribution in [2.24, 2.45) is 11.7 Å². The minimum Gasteiger partial charge on any atom is -0.480 e. The molecule has 0 saturated carbocycles. The van der Waals surface area contributed by atoms with Crippen molar-refractivity contribution in [3.05, 3.63) is 0 Å². The topological polar surface area (TPSA) is 137 Å². The summed E-state index contributed by atoms with van der Waals surface area (Å²) >= 11 is 0. The number of nitrogens with one attached hydrogen (secondary N) is 1. The average Bonchev–Trinajstić information content (AvgIpc) is 2.37. The van der Waals surface area contributed by atoms with E-state index >= 15 is 0 Å². The fourth-order valence-corrected chi connectivity index (χ4v) is 1.69. The summed E-state index contributed by atoms with van der Waals surface area (Å²) in [5.74, 6) is -1.67. The van der Waals surface area contributed by atoms with E-state index in [9.17, 15) is 14.4 Å². The standard InChI is InChI=1S/C13H22N4O4/c1-9(2)8-17(7-3-6-14)13(21)16-10(12(19)20)4-5-11(15)18/h9-10H,3-5,7-8H2,1-2H3,(H2,15,18)(H,16,21)(H,19,20)/t10-/m1/s1. The third kappa shape index (κ3) is 8.47. The third-order valence-electron chi connectivity index (χ3n) is 2.64. The Hall–Kier alpha value is -2.30. The second-order valence-electron chi connectivity index (χ2n) is 5.09. The van der Waals surface area contributed by atoms with Crippen LogP contribution in [0.1, 0.15) is 33.1 Å². The van der Waals surface area contributed by atoms with E-state index in [-0.39, 0.29) is 31.7 Å². The van der Waals surface area contributed by atoms with E-state index in [1.165, 1.54) is 4.90 Å². The van der Waals surface area contributed by atoms with Crippen molar-refractivity contribution in [1.29, 1.82) is 5.26 Å². The summed E-state index contributed by atoms with van der Waals surface area (Å²) < 4.78 is 0. The first-order valence-electron chi connectivity index (χ1n) is 6.71. The van der Waals surface area contributed by atoms with Gasteiger partial charge in [0.1, 0.15) is 6.04 Å². The molecule has 3 amide bonds. The second kappa shape index (κ2) is 9.58. The second-order valence-corrected chi connectivity index (χ2v) is 5.09. The number of amides is 3. The van der Waals surface area contributed by atoms with Gasteiger partial charge in [0, 0.05) is 19.5 Å².